The predicted molar refractivity (Wildman–Crippen MR) is 56.9 cm³/mol. The normalized spacial score (nSPS) is 11.6. The minimum atomic E-state index is -4.37. The van der Waals surface area contributed by atoms with Crippen LogP contribution in [0.4, 0.5) is 13.2 Å². The number of hydrogen-bond donors (Lipinski definition) is 0. The molecule has 0 fully saturated rings. The first-order valence-corrected chi connectivity index (χ1v) is 5.32. The van der Waals surface area contributed by atoms with Crippen LogP contribution in [-0.2, 0) is 6.18 Å². The van der Waals surface area contributed by atoms with Crippen molar-refractivity contribution in [3.63, 3.8) is 0 Å². The van der Waals surface area contributed by atoms with Crippen molar-refractivity contribution in [2.75, 3.05) is 6.61 Å². The van der Waals surface area contributed by atoms with E-state index in [1.807, 2.05) is 6.92 Å². The smallest absolute Gasteiger partial charge is 0.416 e. The number of alkyl halides is 3. The van der Waals surface area contributed by atoms with Gasteiger partial charge in [-0.05, 0) is 24.6 Å². The summed E-state index contributed by atoms with van der Waals surface area (Å²) < 4.78 is 42.3. The highest BCUT2D eigenvalue weighted by Gasteiger charge is 2.31. The van der Waals surface area contributed by atoms with Crippen LogP contribution in [0.3, 0.4) is 0 Å². The molecule has 0 saturated heterocycles. The molecule has 16 heavy (non-hydrogen) atoms. The van der Waals surface area contributed by atoms with E-state index in [1.165, 1.54) is 6.07 Å². The van der Waals surface area contributed by atoms with Crippen molar-refractivity contribution < 1.29 is 17.9 Å². The van der Waals surface area contributed by atoms with E-state index in [4.69, 9.17) is 16.3 Å². The summed E-state index contributed by atoms with van der Waals surface area (Å²) in [5, 5.41) is 0.198. The van der Waals surface area contributed by atoms with Gasteiger partial charge in [-0.15, -0.1) is 0 Å². The minimum Gasteiger partial charge on any atom is -0.492 e. The lowest BCUT2D eigenvalue weighted by Gasteiger charge is -2.11. The topological polar surface area (TPSA) is 9.23 Å². The molecule has 1 nitrogen and oxygen atoms in total. The maximum Gasteiger partial charge on any atom is 0.416 e. The van der Waals surface area contributed by atoms with E-state index < -0.39 is 11.7 Å². The first-order valence-electron chi connectivity index (χ1n) is 4.94. The zero-order chi connectivity index (χ0) is 12.2. The molecule has 1 rings (SSSR count). The van der Waals surface area contributed by atoms with Crippen LogP contribution in [0, 0.1) is 0 Å². The third-order valence-corrected chi connectivity index (χ3v) is 2.33. The molecule has 0 heterocycles. The summed E-state index contributed by atoms with van der Waals surface area (Å²) in [6.45, 7) is 2.34. The van der Waals surface area contributed by atoms with E-state index in [1.54, 1.807) is 0 Å². The van der Waals surface area contributed by atoms with E-state index >= 15 is 0 Å². The average molecular weight is 253 g/mol. The van der Waals surface area contributed by atoms with E-state index in [0.717, 1.165) is 25.0 Å². The molecular weight excluding hydrogens is 241 g/mol. The van der Waals surface area contributed by atoms with Crippen LogP contribution in [0.5, 0.6) is 5.75 Å². The average Bonchev–Trinajstić information content (AvgIpc) is 2.19. The molecule has 0 atom stereocenters. The van der Waals surface area contributed by atoms with E-state index in [-0.39, 0.29) is 10.8 Å². The number of rotatable bonds is 4. The van der Waals surface area contributed by atoms with E-state index in [0.29, 0.717) is 6.61 Å². The molecule has 0 unspecified atom stereocenters. The zero-order valence-corrected chi connectivity index (χ0v) is 9.53. The van der Waals surface area contributed by atoms with Crippen molar-refractivity contribution in [3.8, 4) is 5.75 Å². The fraction of sp³-hybridized carbons (Fsp3) is 0.455. The number of unbranched alkanes of at least 4 members (excludes halogenated alkanes) is 1. The molecule has 1 aromatic rings. The molecule has 0 radical (unpaired) electrons. The van der Waals surface area contributed by atoms with Crippen LogP contribution in [0.25, 0.3) is 0 Å². The molecule has 0 aliphatic carbocycles. The lowest BCUT2D eigenvalue weighted by atomic mass is 10.2. The van der Waals surface area contributed by atoms with Crippen LogP contribution in [-0.4, -0.2) is 6.61 Å². The van der Waals surface area contributed by atoms with Crippen molar-refractivity contribution in [1.82, 2.24) is 0 Å². The zero-order valence-electron chi connectivity index (χ0n) is 8.77. The standard InChI is InChI=1S/C11H12ClF3O/c1-2-3-6-16-10-7-8(11(13,14)15)4-5-9(10)12/h4-5,7H,2-3,6H2,1H3. The molecule has 0 saturated carbocycles. The Morgan fingerprint density at radius 2 is 2.00 bits per heavy atom. The Hall–Kier alpha value is -0.900. The van der Waals surface area contributed by atoms with Crippen molar-refractivity contribution >= 4 is 11.6 Å². The van der Waals surface area contributed by atoms with Gasteiger partial charge in [0.05, 0.1) is 17.2 Å². The van der Waals surface area contributed by atoms with Gasteiger partial charge in [0.25, 0.3) is 0 Å². The monoisotopic (exact) mass is 252 g/mol. The Labute approximate surface area is 97.2 Å². The molecule has 0 aliphatic rings. The van der Waals surface area contributed by atoms with Gasteiger partial charge in [-0.25, -0.2) is 0 Å². The summed E-state index contributed by atoms with van der Waals surface area (Å²) in [5.41, 5.74) is -0.747. The first-order chi connectivity index (χ1) is 7.45. The molecule has 0 spiro atoms. The molecule has 0 bridgehead atoms. The van der Waals surface area contributed by atoms with Gasteiger partial charge >= 0.3 is 6.18 Å². The van der Waals surface area contributed by atoms with Gasteiger partial charge in [0, 0.05) is 0 Å². The molecule has 0 N–H and O–H groups in total. The van der Waals surface area contributed by atoms with Gasteiger partial charge in [-0.3, -0.25) is 0 Å². The van der Waals surface area contributed by atoms with Gasteiger partial charge in [-0.2, -0.15) is 13.2 Å². The van der Waals surface area contributed by atoms with Gasteiger partial charge in [0.15, 0.2) is 0 Å². The Morgan fingerprint density at radius 3 is 2.56 bits per heavy atom. The van der Waals surface area contributed by atoms with Crippen LogP contribution in [0.15, 0.2) is 18.2 Å². The van der Waals surface area contributed by atoms with Crippen molar-refractivity contribution in [3.05, 3.63) is 28.8 Å². The molecule has 1 aromatic carbocycles. The second kappa shape index (κ2) is 5.43. The van der Waals surface area contributed by atoms with Crippen LogP contribution in [0.2, 0.25) is 5.02 Å². The number of benzene rings is 1. The van der Waals surface area contributed by atoms with Crippen LogP contribution < -0.4 is 4.74 Å². The second-order valence-electron chi connectivity index (χ2n) is 3.34. The van der Waals surface area contributed by atoms with Crippen molar-refractivity contribution in [1.29, 1.82) is 0 Å². The maximum absolute atomic E-state index is 12.4. The Morgan fingerprint density at radius 1 is 1.31 bits per heavy atom. The molecule has 0 amide bonds. The fourth-order valence-electron chi connectivity index (χ4n) is 1.12. The SMILES string of the molecule is CCCCOc1cc(C(F)(F)F)ccc1Cl. The third-order valence-electron chi connectivity index (χ3n) is 2.01. The molecule has 5 heteroatoms. The second-order valence-corrected chi connectivity index (χ2v) is 3.75. The van der Waals surface area contributed by atoms with Crippen molar-refractivity contribution in [2.24, 2.45) is 0 Å². The molecular formula is C11H12ClF3O. The van der Waals surface area contributed by atoms with E-state index in [9.17, 15) is 13.2 Å². The predicted octanol–water partition coefficient (Wildman–Crippen LogP) is 4.54. The highest BCUT2D eigenvalue weighted by Crippen LogP contribution is 2.34. The minimum absolute atomic E-state index is 0.0879. The highest BCUT2D eigenvalue weighted by atomic mass is 35.5. The lowest BCUT2D eigenvalue weighted by Crippen LogP contribution is -2.06. The van der Waals surface area contributed by atoms with Gasteiger partial charge < -0.3 is 4.74 Å². The van der Waals surface area contributed by atoms with Crippen LogP contribution >= 0.6 is 11.6 Å². The van der Waals surface area contributed by atoms with Crippen LogP contribution in [0.1, 0.15) is 25.3 Å². The lowest BCUT2D eigenvalue weighted by molar-refractivity contribution is -0.137. The molecule has 0 aliphatic heterocycles. The fourth-order valence-corrected chi connectivity index (χ4v) is 1.29. The quantitative estimate of drug-likeness (QED) is 0.715. The largest absolute Gasteiger partial charge is 0.492 e. The summed E-state index contributed by atoms with van der Waals surface area (Å²) in [6, 6.07) is 3.07. The van der Waals surface area contributed by atoms with Crippen molar-refractivity contribution in [2.45, 2.75) is 25.9 Å². The van der Waals surface area contributed by atoms with Gasteiger partial charge in [0.2, 0.25) is 0 Å². The highest BCUT2D eigenvalue weighted by molar-refractivity contribution is 6.32. The Bertz CT molecular complexity index is 350. The summed E-state index contributed by atoms with van der Waals surface area (Å²) >= 11 is 5.73. The molecule has 90 valence electrons. The van der Waals surface area contributed by atoms with Gasteiger partial charge in [0.1, 0.15) is 5.75 Å². The summed E-state index contributed by atoms with van der Waals surface area (Å²) in [7, 11) is 0. The summed E-state index contributed by atoms with van der Waals surface area (Å²) in [5.74, 6) is 0.0879. The van der Waals surface area contributed by atoms with Gasteiger partial charge in [-0.1, -0.05) is 24.9 Å². The maximum atomic E-state index is 12.4. The Balaban J connectivity index is 2.83. The van der Waals surface area contributed by atoms with E-state index in [2.05, 4.69) is 0 Å². The Kier molecular flexibility index (Phi) is 4.47. The number of halogens is 4. The summed E-state index contributed by atoms with van der Waals surface area (Å²) in [6.07, 6.45) is -2.67. The molecule has 0 aromatic heterocycles. The summed E-state index contributed by atoms with van der Waals surface area (Å²) in [4.78, 5) is 0. The number of ether oxygens (including phenoxy) is 1. The first kappa shape index (κ1) is 13.2. The number of hydrogen-bond acceptors (Lipinski definition) is 1. The third kappa shape index (κ3) is 3.59.